The van der Waals surface area contributed by atoms with E-state index in [2.05, 4.69) is 31.0 Å². The number of rotatable bonds is 4. The van der Waals surface area contributed by atoms with Crippen molar-refractivity contribution in [1.29, 1.82) is 0 Å². The van der Waals surface area contributed by atoms with Crippen LogP contribution in [0.1, 0.15) is 40.5 Å². The Kier molecular flexibility index (Phi) is 5.26. The highest BCUT2D eigenvalue weighted by Gasteiger charge is 2.28. The first-order valence-corrected chi connectivity index (χ1v) is 6.56. The van der Waals surface area contributed by atoms with Gasteiger partial charge in [0, 0.05) is 19.6 Å². The molecule has 0 spiro atoms. The molecule has 3 heteroatoms. The summed E-state index contributed by atoms with van der Waals surface area (Å²) in [6.07, 6.45) is 2.30. The minimum absolute atomic E-state index is 0.0248. The zero-order chi connectivity index (χ0) is 12.1. The van der Waals surface area contributed by atoms with E-state index in [1.54, 1.807) is 0 Å². The maximum Gasteiger partial charge on any atom is 0.237 e. The third-order valence-corrected chi connectivity index (χ3v) is 3.37. The van der Waals surface area contributed by atoms with Crippen molar-refractivity contribution >= 4 is 5.91 Å². The SMILES string of the molecule is CCCNC(=O)C(C)N1CC(C)CC(C)C1. The van der Waals surface area contributed by atoms with Gasteiger partial charge in [-0.05, 0) is 31.6 Å². The lowest BCUT2D eigenvalue weighted by molar-refractivity contribution is -0.126. The van der Waals surface area contributed by atoms with E-state index in [1.807, 2.05) is 6.92 Å². The molecule has 3 atom stereocenters. The van der Waals surface area contributed by atoms with Crippen LogP contribution in [-0.2, 0) is 4.79 Å². The lowest BCUT2D eigenvalue weighted by atomic mass is 9.91. The normalized spacial score (nSPS) is 28.8. The molecule has 3 nitrogen and oxygen atoms in total. The van der Waals surface area contributed by atoms with Gasteiger partial charge in [-0.1, -0.05) is 20.8 Å². The Hall–Kier alpha value is -0.570. The first kappa shape index (κ1) is 13.5. The average molecular weight is 226 g/mol. The number of hydrogen-bond donors (Lipinski definition) is 1. The number of likely N-dealkylation sites (tertiary alicyclic amines) is 1. The summed E-state index contributed by atoms with van der Waals surface area (Å²) < 4.78 is 0. The van der Waals surface area contributed by atoms with E-state index >= 15 is 0 Å². The molecule has 1 N–H and O–H groups in total. The lowest BCUT2D eigenvalue weighted by Gasteiger charge is -2.38. The van der Waals surface area contributed by atoms with Crippen molar-refractivity contribution in [2.75, 3.05) is 19.6 Å². The molecule has 16 heavy (non-hydrogen) atoms. The molecule has 0 bridgehead atoms. The molecular formula is C13H26N2O. The van der Waals surface area contributed by atoms with Crippen LogP contribution in [0.2, 0.25) is 0 Å². The molecule has 1 heterocycles. The van der Waals surface area contributed by atoms with E-state index in [1.165, 1.54) is 6.42 Å². The monoisotopic (exact) mass is 226 g/mol. The van der Waals surface area contributed by atoms with E-state index in [0.717, 1.165) is 26.1 Å². The van der Waals surface area contributed by atoms with Crippen LogP contribution in [-0.4, -0.2) is 36.5 Å². The fourth-order valence-electron chi connectivity index (χ4n) is 2.59. The second-order valence-electron chi connectivity index (χ2n) is 5.37. The number of carbonyl (C=O) groups excluding carboxylic acids is 1. The van der Waals surface area contributed by atoms with Gasteiger partial charge in [0.15, 0.2) is 0 Å². The summed E-state index contributed by atoms with van der Waals surface area (Å²) in [4.78, 5) is 14.2. The first-order valence-electron chi connectivity index (χ1n) is 6.56. The van der Waals surface area contributed by atoms with Crippen molar-refractivity contribution in [3.05, 3.63) is 0 Å². The van der Waals surface area contributed by atoms with Gasteiger partial charge in [-0.3, -0.25) is 9.69 Å². The van der Waals surface area contributed by atoms with Gasteiger partial charge in [0.1, 0.15) is 0 Å². The third-order valence-electron chi connectivity index (χ3n) is 3.37. The van der Waals surface area contributed by atoms with Crippen LogP contribution in [0.15, 0.2) is 0 Å². The number of piperidine rings is 1. The molecule has 0 aromatic carbocycles. The predicted molar refractivity (Wildman–Crippen MR) is 67.3 cm³/mol. The number of nitrogens with one attached hydrogen (secondary N) is 1. The Bertz CT molecular complexity index is 220. The van der Waals surface area contributed by atoms with Gasteiger partial charge in [0.05, 0.1) is 6.04 Å². The van der Waals surface area contributed by atoms with Crippen LogP contribution in [0.5, 0.6) is 0 Å². The second-order valence-corrected chi connectivity index (χ2v) is 5.37. The van der Waals surface area contributed by atoms with E-state index in [4.69, 9.17) is 0 Å². The molecule has 0 saturated carbocycles. The maximum atomic E-state index is 11.9. The zero-order valence-electron chi connectivity index (χ0n) is 11.1. The van der Waals surface area contributed by atoms with Gasteiger partial charge >= 0.3 is 0 Å². The van der Waals surface area contributed by atoms with Crippen LogP contribution >= 0.6 is 0 Å². The van der Waals surface area contributed by atoms with Crippen molar-refractivity contribution in [3.8, 4) is 0 Å². The Labute approximate surface area is 99.6 Å². The van der Waals surface area contributed by atoms with Crippen LogP contribution < -0.4 is 5.32 Å². The van der Waals surface area contributed by atoms with Gasteiger partial charge in [0.25, 0.3) is 0 Å². The molecular weight excluding hydrogens is 200 g/mol. The molecule has 1 amide bonds. The standard InChI is InChI=1S/C13H26N2O/c1-5-6-14-13(16)12(4)15-8-10(2)7-11(3)9-15/h10-12H,5-9H2,1-4H3,(H,14,16). The molecule has 0 aliphatic carbocycles. The highest BCUT2D eigenvalue weighted by Crippen LogP contribution is 2.22. The van der Waals surface area contributed by atoms with Gasteiger partial charge in [-0.15, -0.1) is 0 Å². The average Bonchev–Trinajstić information content (AvgIpc) is 2.23. The van der Waals surface area contributed by atoms with Crippen LogP contribution in [0, 0.1) is 11.8 Å². The van der Waals surface area contributed by atoms with Gasteiger partial charge in [0.2, 0.25) is 5.91 Å². The van der Waals surface area contributed by atoms with Crippen LogP contribution in [0.4, 0.5) is 0 Å². The molecule has 0 radical (unpaired) electrons. The second kappa shape index (κ2) is 6.24. The van der Waals surface area contributed by atoms with Crippen LogP contribution in [0.25, 0.3) is 0 Å². The molecule has 1 fully saturated rings. The molecule has 1 aliphatic rings. The van der Waals surface area contributed by atoms with Crippen molar-refractivity contribution in [2.45, 2.75) is 46.6 Å². The van der Waals surface area contributed by atoms with Crippen molar-refractivity contribution in [1.82, 2.24) is 10.2 Å². The zero-order valence-corrected chi connectivity index (χ0v) is 11.1. The fourth-order valence-corrected chi connectivity index (χ4v) is 2.59. The van der Waals surface area contributed by atoms with Gasteiger partial charge in [-0.2, -0.15) is 0 Å². The number of amides is 1. The van der Waals surface area contributed by atoms with Crippen molar-refractivity contribution < 1.29 is 4.79 Å². The van der Waals surface area contributed by atoms with E-state index in [9.17, 15) is 4.79 Å². The highest BCUT2D eigenvalue weighted by molar-refractivity contribution is 5.81. The summed E-state index contributed by atoms with van der Waals surface area (Å²) in [7, 11) is 0. The Balaban J connectivity index is 2.45. The number of nitrogens with zero attached hydrogens (tertiary/aromatic N) is 1. The van der Waals surface area contributed by atoms with Crippen LogP contribution in [0.3, 0.4) is 0 Å². The summed E-state index contributed by atoms with van der Waals surface area (Å²) >= 11 is 0. The Morgan fingerprint density at radius 3 is 2.44 bits per heavy atom. The minimum atomic E-state index is 0.0248. The molecule has 1 saturated heterocycles. The summed E-state index contributed by atoms with van der Waals surface area (Å²) in [5.74, 6) is 1.61. The molecule has 94 valence electrons. The molecule has 0 aromatic rings. The number of hydrogen-bond acceptors (Lipinski definition) is 2. The quantitative estimate of drug-likeness (QED) is 0.794. The molecule has 1 aliphatic heterocycles. The summed E-state index contributed by atoms with van der Waals surface area (Å²) in [5, 5.41) is 2.98. The van der Waals surface area contributed by atoms with Crippen molar-refractivity contribution in [3.63, 3.8) is 0 Å². The molecule has 3 unspecified atom stereocenters. The summed E-state index contributed by atoms with van der Waals surface area (Å²) in [6, 6.07) is 0.0248. The maximum absolute atomic E-state index is 11.9. The minimum Gasteiger partial charge on any atom is -0.355 e. The number of carbonyl (C=O) groups is 1. The third kappa shape index (κ3) is 3.78. The largest absolute Gasteiger partial charge is 0.355 e. The van der Waals surface area contributed by atoms with E-state index in [0.29, 0.717) is 11.8 Å². The first-order chi connectivity index (χ1) is 7.54. The smallest absolute Gasteiger partial charge is 0.237 e. The summed E-state index contributed by atoms with van der Waals surface area (Å²) in [5.41, 5.74) is 0. The Morgan fingerprint density at radius 1 is 1.38 bits per heavy atom. The van der Waals surface area contributed by atoms with Gasteiger partial charge in [-0.25, -0.2) is 0 Å². The molecule has 1 rings (SSSR count). The molecule has 0 aromatic heterocycles. The van der Waals surface area contributed by atoms with Crippen molar-refractivity contribution in [2.24, 2.45) is 11.8 Å². The summed E-state index contributed by atoms with van der Waals surface area (Å²) in [6.45, 7) is 11.6. The lowest BCUT2D eigenvalue weighted by Crippen LogP contribution is -2.50. The fraction of sp³-hybridized carbons (Fsp3) is 0.923. The van der Waals surface area contributed by atoms with E-state index in [-0.39, 0.29) is 11.9 Å². The highest BCUT2D eigenvalue weighted by atomic mass is 16.2. The Morgan fingerprint density at radius 2 is 1.94 bits per heavy atom. The van der Waals surface area contributed by atoms with Gasteiger partial charge < -0.3 is 5.32 Å². The predicted octanol–water partition coefficient (Wildman–Crippen LogP) is 1.88. The van der Waals surface area contributed by atoms with E-state index < -0.39 is 0 Å². The topological polar surface area (TPSA) is 32.3 Å².